The Hall–Kier alpha value is -1.91. The summed E-state index contributed by atoms with van der Waals surface area (Å²) in [6.07, 6.45) is 2.51. The number of ether oxygens (including phenoxy) is 2. The van der Waals surface area contributed by atoms with Crippen LogP contribution in [0.5, 0.6) is 5.88 Å². The topological polar surface area (TPSA) is 72.7 Å². The van der Waals surface area contributed by atoms with E-state index in [2.05, 4.69) is 10.00 Å². The Morgan fingerprint density at radius 3 is 2.81 bits per heavy atom. The van der Waals surface area contributed by atoms with Crippen LogP contribution in [0.25, 0.3) is 10.2 Å². The quantitative estimate of drug-likeness (QED) is 0.492. The third-order valence-electron chi connectivity index (χ3n) is 5.39. The predicted octanol–water partition coefficient (Wildman–Crippen LogP) is 3.79. The molecule has 3 aromatic rings. The smallest absolute Gasteiger partial charge is 0.267 e. The lowest BCUT2D eigenvalue weighted by atomic mass is 10.2. The molecule has 1 fully saturated rings. The zero-order valence-electron chi connectivity index (χ0n) is 18.3. The van der Waals surface area contributed by atoms with Gasteiger partial charge < -0.3 is 9.47 Å². The first-order chi connectivity index (χ1) is 15.0. The number of amides is 1. The lowest BCUT2D eigenvalue weighted by Crippen LogP contribution is -2.39. The fourth-order valence-corrected chi connectivity index (χ4v) is 4.88. The third-order valence-corrected chi connectivity index (χ3v) is 6.84. The van der Waals surface area contributed by atoms with Crippen molar-refractivity contribution in [1.29, 1.82) is 0 Å². The Morgan fingerprint density at radius 2 is 2.09 bits per heavy atom. The van der Waals surface area contributed by atoms with Gasteiger partial charge in [0, 0.05) is 44.4 Å². The van der Waals surface area contributed by atoms with Crippen LogP contribution in [0, 0.1) is 6.92 Å². The number of anilines is 1. The molecular weight excluding hydrogens is 473 g/mol. The highest BCUT2D eigenvalue weighted by Gasteiger charge is 2.26. The van der Waals surface area contributed by atoms with Crippen LogP contribution >= 0.6 is 35.3 Å². The molecule has 0 unspecified atom stereocenters. The van der Waals surface area contributed by atoms with Crippen LogP contribution in [0.2, 0.25) is 5.02 Å². The third kappa shape index (κ3) is 5.18. The molecule has 32 heavy (non-hydrogen) atoms. The zero-order chi connectivity index (χ0) is 22.0. The number of halogens is 2. The van der Waals surface area contributed by atoms with Crippen molar-refractivity contribution >= 4 is 56.6 Å². The van der Waals surface area contributed by atoms with Gasteiger partial charge in [0.25, 0.3) is 5.91 Å². The monoisotopic (exact) mass is 499 g/mol. The highest BCUT2D eigenvalue weighted by molar-refractivity contribution is 7.22. The molecule has 1 aliphatic rings. The van der Waals surface area contributed by atoms with Gasteiger partial charge in [-0.3, -0.25) is 19.3 Å². The molecule has 1 saturated heterocycles. The van der Waals surface area contributed by atoms with Crippen LogP contribution in [0.15, 0.2) is 18.3 Å². The van der Waals surface area contributed by atoms with Crippen molar-refractivity contribution in [2.75, 3.05) is 51.4 Å². The number of hydrogen-bond acceptors (Lipinski definition) is 7. The Balaban J connectivity index is 0.00000289. The summed E-state index contributed by atoms with van der Waals surface area (Å²) in [5.74, 6) is 0.140. The summed E-state index contributed by atoms with van der Waals surface area (Å²) in [6, 6.07) is 3.82. The van der Waals surface area contributed by atoms with Gasteiger partial charge in [0.05, 0.1) is 30.5 Å². The van der Waals surface area contributed by atoms with Gasteiger partial charge in [-0.15, -0.1) is 17.5 Å². The van der Waals surface area contributed by atoms with E-state index < -0.39 is 0 Å². The highest BCUT2D eigenvalue weighted by Crippen LogP contribution is 2.34. The van der Waals surface area contributed by atoms with Crippen LogP contribution in [0.3, 0.4) is 0 Å². The zero-order valence-corrected chi connectivity index (χ0v) is 20.7. The van der Waals surface area contributed by atoms with Crippen molar-refractivity contribution in [3.63, 3.8) is 0 Å². The summed E-state index contributed by atoms with van der Waals surface area (Å²) in [6.45, 7) is 6.74. The minimum Gasteiger partial charge on any atom is -0.479 e. The maximum atomic E-state index is 13.5. The number of rotatable bonds is 7. The Bertz CT molecular complexity index is 1080. The first kappa shape index (κ1) is 24.7. The summed E-state index contributed by atoms with van der Waals surface area (Å²) in [7, 11) is 3.29. The first-order valence-electron chi connectivity index (χ1n) is 10.2. The molecule has 0 aliphatic carbocycles. The van der Waals surface area contributed by atoms with Gasteiger partial charge in [-0.05, 0) is 31.0 Å². The Labute approximate surface area is 202 Å². The number of thiazole rings is 1. The molecular formula is C21H27Cl2N5O3S. The number of methoxy groups -OCH3 is 1. The predicted molar refractivity (Wildman–Crippen MR) is 130 cm³/mol. The maximum absolute atomic E-state index is 13.5. The molecule has 0 saturated carbocycles. The minimum atomic E-state index is -0.172. The molecule has 1 amide bonds. The molecule has 0 N–H and O–H groups in total. The number of nitrogens with zero attached hydrogens (tertiary/aromatic N) is 5. The van der Waals surface area contributed by atoms with Gasteiger partial charge in [-0.2, -0.15) is 0 Å². The van der Waals surface area contributed by atoms with E-state index in [0.717, 1.165) is 55.0 Å². The molecule has 0 spiro atoms. The van der Waals surface area contributed by atoms with E-state index in [4.69, 9.17) is 26.1 Å². The number of carbonyl (C=O) groups is 1. The molecule has 0 radical (unpaired) electrons. The second-order valence-electron chi connectivity index (χ2n) is 7.51. The van der Waals surface area contributed by atoms with Crippen molar-refractivity contribution in [2.24, 2.45) is 7.05 Å². The van der Waals surface area contributed by atoms with Crippen LogP contribution < -0.4 is 9.64 Å². The van der Waals surface area contributed by atoms with E-state index in [-0.39, 0.29) is 18.3 Å². The second kappa shape index (κ2) is 10.8. The van der Waals surface area contributed by atoms with Crippen LogP contribution in [0.1, 0.15) is 22.3 Å². The lowest BCUT2D eigenvalue weighted by Gasteiger charge is -2.27. The average molecular weight is 500 g/mol. The van der Waals surface area contributed by atoms with Crippen molar-refractivity contribution < 1.29 is 14.3 Å². The molecule has 11 heteroatoms. The molecule has 1 aliphatic heterocycles. The molecule has 1 aromatic carbocycles. The van der Waals surface area contributed by atoms with Crippen molar-refractivity contribution in [2.45, 2.75) is 13.3 Å². The average Bonchev–Trinajstić information content (AvgIpc) is 3.38. The molecule has 0 atom stereocenters. The summed E-state index contributed by atoms with van der Waals surface area (Å²) in [5, 5.41) is 5.56. The van der Waals surface area contributed by atoms with Crippen LogP contribution in [0.4, 0.5) is 5.13 Å². The largest absolute Gasteiger partial charge is 0.479 e. The Morgan fingerprint density at radius 1 is 1.34 bits per heavy atom. The molecule has 174 valence electrons. The number of aromatic nitrogens is 3. The van der Waals surface area contributed by atoms with E-state index in [1.807, 2.05) is 19.1 Å². The molecule has 2 aromatic heterocycles. The molecule has 4 rings (SSSR count). The lowest BCUT2D eigenvalue weighted by molar-refractivity contribution is 0.0376. The van der Waals surface area contributed by atoms with Crippen LogP contribution in [-0.2, 0) is 11.8 Å². The maximum Gasteiger partial charge on any atom is 0.267 e. The SMILES string of the molecule is COc1nn(C)cc1C(=O)N(CCCN1CCOCC1)c1nc2c(C)c(Cl)ccc2s1.Cl. The van der Waals surface area contributed by atoms with Gasteiger partial charge in [0.2, 0.25) is 5.88 Å². The molecule has 8 nitrogen and oxygen atoms in total. The first-order valence-corrected chi connectivity index (χ1v) is 11.4. The summed E-state index contributed by atoms with van der Waals surface area (Å²) in [5.41, 5.74) is 2.17. The van der Waals surface area contributed by atoms with Crippen molar-refractivity contribution in [3.05, 3.63) is 34.5 Å². The standard InChI is InChI=1S/C21H26ClN5O3S.ClH/c1-14-16(22)5-6-17-18(14)23-21(31-17)27(8-4-7-26-9-11-30-12-10-26)20(28)15-13-25(2)24-19(15)29-3;/h5-6,13H,4,7-12H2,1-3H3;1H. The fraction of sp³-hybridized carbons (Fsp3) is 0.476. The van der Waals surface area contributed by atoms with E-state index in [1.165, 1.54) is 18.4 Å². The Kier molecular flexibility index (Phi) is 8.35. The molecule has 3 heterocycles. The summed E-state index contributed by atoms with van der Waals surface area (Å²) < 4.78 is 13.3. The molecule has 0 bridgehead atoms. The normalized spacial score (nSPS) is 14.4. The number of hydrogen-bond donors (Lipinski definition) is 0. The summed E-state index contributed by atoms with van der Waals surface area (Å²) >= 11 is 7.78. The van der Waals surface area contributed by atoms with Gasteiger partial charge in [0.15, 0.2) is 5.13 Å². The van der Waals surface area contributed by atoms with Gasteiger partial charge in [-0.25, -0.2) is 4.98 Å². The number of morpholine rings is 1. The fourth-order valence-electron chi connectivity index (χ4n) is 3.68. The number of fused-ring (bicyclic) bond motifs is 1. The number of benzene rings is 1. The second-order valence-corrected chi connectivity index (χ2v) is 8.92. The highest BCUT2D eigenvalue weighted by atomic mass is 35.5. The van der Waals surface area contributed by atoms with Gasteiger partial charge in [-0.1, -0.05) is 22.9 Å². The van der Waals surface area contributed by atoms with E-state index in [1.54, 1.807) is 22.8 Å². The van der Waals surface area contributed by atoms with Crippen LogP contribution in [-0.4, -0.2) is 72.1 Å². The minimum absolute atomic E-state index is 0. The summed E-state index contributed by atoms with van der Waals surface area (Å²) in [4.78, 5) is 22.4. The number of carbonyl (C=O) groups excluding carboxylic acids is 1. The van der Waals surface area contributed by atoms with E-state index in [0.29, 0.717) is 28.1 Å². The van der Waals surface area contributed by atoms with E-state index in [9.17, 15) is 4.79 Å². The van der Waals surface area contributed by atoms with Gasteiger partial charge >= 0.3 is 0 Å². The van der Waals surface area contributed by atoms with Crippen molar-refractivity contribution in [3.8, 4) is 5.88 Å². The van der Waals surface area contributed by atoms with Crippen molar-refractivity contribution in [1.82, 2.24) is 19.7 Å². The van der Waals surface area contributed by atoms with E-state index >= 15 is 0 Å². The van der Waals surface area contributed by atoms with Gasteiger partial charge in [0.1, 0.15) is 5.56 Å². The number of aryl methyl sites for hydroxylation is 2.